The first kappa shape index (κ1) is 29.1. The lowest BCUT2D eigenvalue weighted by atomic mass is 9.85. The van der Waals surface area contributed by atoms with Gasteiger partial charge in [-0.3, -0.25) is 24.1 Å². The quantitative estimate of drug-likeness (QED) is 0.316. The SMILES string of the molecule is O=C(NC1CCCCC1)[C@@H](Cc1ccccc1)N(Cc1cccc(Cl)c1)C(=O)CCN1C(=O)[C@H]2CC=CC[C@H]2C1=O. The van der Waals surface area contributed by atoms with Gasteiger partial charge < -0.3 is 10.2 Å². The van der Waals surface area contributed by atoms with E-state index in [1.165, 1.54) is 11.3 Å². The average molecular weight is 576 g/mol. The van der Waals surface area contributed by atoms with Crippen molar-refractivity contribution >= 4 is 35.2 Å². The topological polar surface area (TPSA) is 86.8 Å². The van der Waals surface area contributed by atoms with Crippen LogP contribution < -0.4 is 5.32 Å². The first-order chi connectivity index (χ1) is 19.9. The Morgan fingerprint density at radius 2 is 1.56 bits per heavy atom. The van der Waals surface area contributed by atoms with Crippen LogP contribution >= 0.6 is 11.6 Å². The molecular formula is C33H38ClN3O4. The van der Waals surface area contributed by atoms with Crippen LogP contribution in [0.15, 0.2) is 66.7 Å². The first-order valence-electron chi connectivity index (χ1n) is 14.8. The van der Waals surface area contributed by atoms with Gasteiger partial charge in [-0.2, -0.15) is 0 Å². The van der Waals surface area contributed by atoms with Crippen LogP contribution in [0.1, 0.15) is 62.5 Å². The minimum absolute atomic E-state index is 0.0118. The van der Waals surface area contributed by atoms with Crippen LogP contribution in [0.2, 0.25) is 5.02 Å². The van der Waals surface area contributed by atoms with Crippen molar-refractivity contribution in [1.82, 2.24) is 15.1 Å². The van der Waals surface area contributed by atoms with Crippen LogP contribution in [0.3, 0.4) is 0 Å². The number of rotatable bonds is 10. The molecule has 216 valence electrons. The van der Waals surface area contributed by atoms with Crippen molar-refractivity contribution in [2.75, 3.05) is 6.54 Å². The Labute approximate surface area is 246 Å². The highest BCUT2D eigenvalue weighted by molar-refractivity contribution is 6.30. The summed E-state index contributed by atoms with van der Waals surface area (Å²) < 4.78 is 0. The number of carbonyl (C=O) groups excluding carboxylic acids is 4. The third-order valence-electron chi connectivity index (χ3n) is 8.61. The van der Waals surface area contributed by atoms with Crippen LogP contribution in [-0.4, -0.2) is 52.1 Å². The highest BCUT2D eigenvalue weighted by Gasteiger charge is 2.47. The molecule has 41 heavy (non-hydrogen) atoms. The van der Waals surface area contributed by atoms with E-state index in [0.717, 1.165) is 36.8 Å². The maximum atomic E-state index is 14.0. The molecule has 2 aromatic carbocycles. The molecule has 1 heterocycles. The molecule has 1 saturated carbocycles. The van der Waals surface area contributed by atoms with Gasteiger partial charge in [0.25, 0.3) is 0 Å². The summed E-state index contributed by atoms with van der Waals surface area (Å²) >= 11 is 6.28. The molecule has 2 aliphatic carbocycles. The van der Waals surface area contributed by atoms with E-state index in [9.17, 15) is 19.2 Å². The minimum Gasteiger partial charge on any atom is -0.352 e. The Hall–Kier alpha value is -3.45. The normalized spacial score (nSPS) is 21.4. The Bertz CT molecular complexity index is 1260. The third kappa shape index (κ3) is 7.07. The molecule has 0 bridgehead atoms. The number of nitrogens with one attached hydrogen (secondary N) is 1. The fourth-order valence-corrected chi connectivity index (χ4v) is 6.58. The largest absolute Gasteiger partial charge is 0.352 e. The summed E-state index contributed by atoms with van der Waals surface area (Å²) in [7, 11) is 0. The van der Waals surface area contributed by atoms with Crippen molar-refractivity contribution in [3.8, 4) is 0 Å². The number of nitrogens with zero attached hydrogens (tertiary/aromatic N) is 2. The van der Waals surface area contributed by atoms with E-state index in [1.807, 2.05) is 54.6 Å². The number of benzene rings is 2. The molecule has 2 fully saturated rings. The van der Waals surface area contributed by atoms with Gasteiger partial charge in [0.15, 0.2) is 0 Å². The third-order valence-corrected chi connectivity index (χ3v) is 8.85. The number of halogens is 1. The fraction of sp³-hybridized carbons (Fsp3) is 0.455. The Kier molecular flexibility index (Phi) is 9.55. The van der Waals surface area contributed by atoms with E-state index in [0.29, 0.717) is 24.3 Å². The van der Waals surface area contributed by atoms with Crippen LogP contribution in [0.25, 0.3) is 0 Å². The van der Waals surface area contributed by atoms with Gasteiger partial charge in [-0.1, -0.05) is 85.5 Å². The highest BCUT2D eigenvalue weighted by atomic mass is 35.5. The van der Waals surface area contributed by atoms with Crippen LogP contribution in [0.4, 0.5) is 0 Å². The first-order valence-corrected chi connectivity index (χ1v) is 15.2. The molecule has 1 N–H and O–H groups in total. The predicted octanol–water partition coefficient (Wildman–Crippen LogP) is 5.07. The summed E-state index contributed by atoms with van der Waals surface area (Å²) in [5, 5.41) is 3.78. The lowest BCUT2D eigenvalue weighted by Crippen LogP contribution is -2.53. The number of hydrogen-bond acceptors (Lipinski definition) is 4. The monoisotopic (exact) mass is 575 g/mol. The molecule has 0 spiro atoms. The molecule has 3 atom stereocenters. The molecule has 2 aromatic rings. The molecule has 1 saturated heterocycles. The molecule has 0 aromatic heterocycles. The molecular weight excluding hydrogens is 538 g/mol. The Morgan fingerprint density at radius 3 is 2.22 bits per heavy atom. The van der Waals surface area contributed by atoms with Crippen LogP contribution in [0.5, 0.6) is 0 Å². The second-order valence-electron chi connectivity index (χ2n) is 11.4. The number of hydrogen-bond donors (Lipinski definition) is 1. The lowest BCUT2D eigenvalue weighted by Gasteiger charge is -2.34. The number of carbonyl (C=O) groups is 4. The zero-order chi connectivity index (χ0) is 28.8. The van der Waals surface area contributed by atoms with Gasteiger partial charge >= 0.3 is 0 Å². The van der Waals surface area contributed by atoms with E-state index in [2.05, 4.69) is 5.32 Å². The van der Waals surface area contributed by atoms with E-state index < -0.39 is 6.04 Å². The predicted molar refractivity (Wildman–Crippen MR) is 158 cm³/mol. The van der Waals surface area contributed by atoms with E-state index in [1.54, 1.807) is 17.0 Å². The minimum atomic E-state index is -0.762. The summed E-state index contributed by atoms with van der Waals surface area (Å²) in [6, 6.07) is 16.3. The Morgan fingerprint density at radius 1 is 0.902 bits per heavy atom. The molecule has 5 rings (SSSR count). The number of amides is 4. The van der Waals surface area contributed by atoms with Crippen LogP contribution in [0, 0.1) is 11.8 Å². The molecule has 4 amide bonds. The van der Waals surface area contributed by atoms with Gasteiger partial charge in [0.2, 0.25) is 23.6 Å². The van der Waals surface area contributed by atoms with Crippen molar-refractivity contribution in [1.29, 1.82) is 0 Å². The summed E-state index contributed by atoms with van der Waals surface area (Å²) in [6.45, 7) is 0.198. The van der Waals surface area contributed by atoms with E-state index in [4.69, 9.17) is 11.6 Å². The summed E-state index contributed by atoms with van der Waals surface area (Å²) in [6.07, 6.45) is 10.5. The molecule has 1 aliphatic heterocycles. The summed E-state index contributed by atoms with van der Waals surface area (Å²) in [5.74, 6) is -1.53. The maximum absolute atomic E-state index is 14.0. The number of likely N-dealkylation sites (tertiary alicyclic amines) is 1. The van der Waals surface area contributed by atoms with Gasteiger partial charge in [0, 0.05) is 37.0 Å². The number of fused-ring (bicyclic) bond motifs is 1. The molecule has 0 radical (unpaired) electrons. The van der Waals surface area contributed by atoms with Gasteiger partial charge in [-0.15, -0.1) is 0 Å². The lowest BCUT2D eigenvalue weighted by molar-refractivity contribution is -0.144. The van der Waals surface area contributed by atoms with Gasteiger partial charge in [-0.05, 0) is 48.9 Å². The Balaban J connectivity index is 1.39. The fourth-order valence-electron chi connectivity index (χ4n) is 6.37. The molecule has 3 aliphatic rings. The zero-order valence-electron chi connectivity index (χ0n) is 23.3. The second-order valence-corrected chi connectivity index (χ2v) is 11.9. The van der Waals surface area contributed by atoms with Crippen molar-refractivity contribution in [2.45, 2.75) is 76.4 Å². The number of allylic oxidation sites excluding steroid dienone is 2. The average Bonchev–Trinajstić information content (AvgIpc) is 3.23. The standard InChI is InChI=1S/C33H38ClN3O4/c34-25-13-9-12-24(20-25)22-37(30(38)18-19-36-32(40)27-16-7-8-17-28(27)33(36)41)29(21-23-10-3-1-4-11-23)31(39)35-26-14-5-2-6-15-26/h1,3-4,7-13,20,26-29H,2,5-6,14-19,21-22H2,(H,35,39)/t27-,28+,29-/m1/s1. The van der Waals surface area contributed by atoms with Gasteiger partial charge in [0.05, 0.1) is 11.8 Å². The van der Waals surface area contributed by atoms with Crippen molar-refractivity contribution < 1.29 is 19.2 Å². The van der Waals surface area contributed by atoms with Gasteiger partial charge in [0.1, 0.15) is 6.04 Å². The van der Waals surface area contributed by atoms with Crippen molar-refractivity contribution in [2.24, 2.45) is 11.8 Å². The molecule has 7 nitrogen and oxygen atoms in total. The molecule has 0 unspecified atom stereocenters. The van der Waals surface area contributed by atoms with Crippen molar-refractivity contribution in [3.05, 3.63) is 82.9 Å². The van der Waals surface area contributed by atoms with E-state index >= 15 is 0 Å². The maximum Gasteiger partial charge on any atom is 0.243 e. The summed E-state index contributed by atoms with van der Waals surface area (Å²) in [4.78, 5) is 56.8. The van der Waals surface area contributed by atoms with Crippen molar-refractivity contribution in [3.63, 3.8) is 0 Å². The smallest absolute Gasteiger partial charge is 0.243 e. The van der Waals surface area contributed by atoms with Gasteiger partial charge in [-0.25, -0.2) is 0 Å². The summed E-state index contributed by atoms with van der Waals surface area (Å²) in [5.41, 5.74) is 1.75. The molecule has 8 heteroatoms. The number of imide groups is 1. The van der Waals surface area contributed by atoms with E-state index in [-0.39, 0.29) is 61.0 Å². The second kappa shape index (κ2) is 13.5. The van der Waals surface area contributed by atoms with Crippen LogP contribution in [-0.2, 0) is 32.1 Å². The zero-order valence-corrected chi connectivity index (χ0v) is 24.1. The highest BCUT2D eigenvalue weighted by Crippen LogP contribution is 2.35.